The lowest BCUT2D eigenvalue weighted by Gasteiger charge is -2.20. The number of nitrogens with two attached hydrogens (primary N) is 1. The maximum Gasteiger partial charge on any atom is 0.472 e. The number of hydrogen-bond donors (Lipinski definition) is 3. The van der Waals surface area contributed by atoms with Crippen LogP contribution < -0.4 is 5.73 Å². The van der Waals surface area contributed by atoms with E-state index >= 15 is 0 Å². The van der Waals surface area contributed by atoms with Gasteiger partial charge in [0.15, 0.2) is 0 Å². The molecule has 0 aromatic heterocycles. The summed E-state index contributed by atoms with van der Waals surface area (Å²) in [5.41, 5.74) is 5.38. The van der Waals surface area contributed by atoms with Crippen molar-refractivity contribution >= 4 is 19.8 Å². The van der Waals surface area contributed by atoms with E-state index in [2.05, 4.69) is 13.8 Å². The number of rotatable bonds is 54. The van der Waals surface area contributed by atoms with Crippen LogP contribution >= 0.6 is 7.82 Å². The Balaban J connectivity index is 4.01. The zero-order valence-corrected chi connectivity index (χ0v) is 43.1. The van der Waals surface area contributed by atoms with E-state index in [1.54, 1.807) is 0 Å². The highest BCUT2D eigenvalue weighted by molar-refractivity contribution is 7.47. The van der Waals surface area contributed by atoms with Crippen LogP contribution in [0.4, 0.5) is 0 Å². The molecule has 0 fully saturated rings. The highest BCUT2D eigenvalue weighted by Crippen LogP contribution is 2.43. The zero-order chi connectivity index (χ0) is 46.9. The van der Waals surface area contributed by atoms with Crippen LogP contribution in [0.5, 0.6) is 0 Å². The number of esters is 1. The third-order valence-corrected chi connectivity index (χ3v) is 13.6. The average molecular weight is 932 g/mol. The van der Waals surface area contributed by atoms with Crippen LogP contribution in [0.25, 0.3) is 0 Å². The number of phosphoric acid groups is 1. The monoisotopic (exact) mass is 932 g/mol. The molecular weight excluding hydrogens is 826 g/mol. The van der Waals surface area contributed by atoms with E-state index in [-0.39, 0.29) is 13.0 Å². The van der Waals surface area contributed by atoms with Gasteiger partial charge in [-0.1, -0.05) is 271 Å². The second-order valence-electron chi connectivity index (χ2n) is 19.1. The van der Waals surface area contributed by atoms with Gasteiger partial charge < -0.3 is 25.2 Å². The first-order chi connectivity index (χ1) is 31.2. The molecule has 0 heterocycles. The smallest absolute Gasteiger partial charge is 0.472 e. The minimum Gasteiger partial charge on any atom is -0.480 e. The molecule has 0 aromatic rings. The molecule has 0 aromatic carbocycles. The summed E-state index contributed by atoms with van der Waals surface area (Å²) in [5.74, 6) is -1.76. The molecule has 11 heteroatoms. The molecule has 3 unspecified atom stereocenters. The summed E-state index contributed by atoms with van der Waals surface area (Å²) >= 11 is 0. The molecule has 0 spiro atoms. The van der Waals surface area contributed by atoms with Crippen molar-refractivity contribution in [3.8, 4) is 0 Å². The maximum atomic E-state index is 12.7. The topological polar surface area (TPSA) is 155 Å². The van der Waals surface area contributed by atoms with E-state index in [0.29, 0.717) is 6.61 Å². The Bertz CT molecular complexity index is 1030. The maximum absolute atomic E-state index is 12.7. The zero-order valence-electron chi connectivity index (χ0n) is 42.2. The number of hydrogen-bond acceptors (Lipinski definition) is 8. The van der Waals surface area contributed by atoms with E-state index in [4.69, 9.17) is 29.4 Å². The van der Waals surface area contributed by atoms with Gasteiger partial charge in [-0.3, -0.25) is 18.6 Å². The normalized spacial score (nSPS) is 13.6. The second kappa shape index (κ2) is 49.9. The molecule has 0 saturated heterocycles. The quantitative estimate of drug-likeness (QED) is 0.0305. The Hall–Kier alpha value is -1.03. The van der Waals surface area contributed by atoms with Crippen molar-refractivity contribution in [1.29, 1.82) is 0 Å². The van der Waals surface area contributed by atoms with Gasteiger partial charge in [0.1, 0.15) is 12.1 Å². The van der Waals surface area contributed by atoms with Gasteiger partial charge in [0.05, 0.1) is 19.8 Å². The van der Waals surface area contributed by atoms with Gasteiger partial charge >= 0.3 is 19.8 Å². The summed E-state index contributed by atoms with van der Waals surface area (Å²) in [6, 6.07) is -1.47. The molecular formula is C53H106NO9P. The first-order valence-electron chi connectivity index (χ1n) is 27.6. The van der Waals surface area contributed by atoms with Crippen LogP contribution in [0.2, 0.25) is 0 Å². The van der Waals surface area contributed by atoms with Crippen molar-refractivity contribution in [2.75, 3.05) is 26.4 Å². The molecule has 0 rings (SSSR count). The Labute approximate surface area is 395 Å². The summed E-state index contributed by atoms with van der Waals surface area (Å²) in [5, 5.41) is 8.94. The van der Waals surface area contributed by atoms with Gasteiger partial charge in [-0.15, -0.1) is 0 Å². The van der Waals surface area contributed by atoms with Crippen LogP contribution in [-0.4, -0.2) is 60.5 Å². The number of carbonyl (C=O) groups is 2. The number of phosphoric ester groups is 1. The molecule has 0 aliphatic heterocycles. The fourth-order valence-corrected chi connectivity index (χ4v) is 9.15. The standard InChI is InChI=1S/C53H106NO9P/c1-3-5-7-9-11-13-15-17-19-21-23-24-25-26-27-28-30-32-34-36-38-40-42-44-46-60-47-50(48-61-64(58,59)62-49-51(54)53(56)57)63-52(55)45-43-41-39-37-35-33-31-29-22-20-18-16-14-12-10-8-6-4-2/h50-51H,3-49,54H2,1-2H3,(H,56,57)(H,58,59). The van der Waals surface area contributed by atoms with Crippen LogP contribution in [0.1, 0.15) is 290 Å². The number of ether oxygens (including phenoxy) is 2. The van der Waals surface area contributed by atoms with Crippen LogP contribution in [0, 0.1) is 0 Å². The Morgan fingerprint density at radius 3 is 1.03 bits per heavy atom. The van der Waals surface area contributed by atoms with Crippen LogP contribution in [0.3, 0.4) is 0 Å². The third-order valence-electron chi connectivity index (χ3n) is 12.6. The SMILES string of the molecule is CCCCCCCCCCCCCCCCCCCCCCCCCCOCC(COP(=O)(O)OCC(N)C(=O)O)OC(=O)CCCCCCCCCCCCCCCCCCCC. The molecule has 10 nitrogen and oxygen atoms in total. The molecule has 0 aliphatic carbocycles. The van der Waals surface area contributed by atoms with Gasteiger partial charge in [0, 0.05) is 13.0 Å². The molecule has 0 bridgehead atoms. The lowest BCUT2D eigenvalue weighted by molar-refractivity contribution is -0.154. The van der Waals surface area contributed by atoms with Gasteiger partial charge in [-0.2, -0.15) is 0 Å². The molecule has 382 valence electrons. The molecule has 0 aliphatic rings. The average Bonchev–Trinajstić information content (AvgIpc) is 3.28. The van der Waals surface area contributed by atoms with Gasteiger partial charge in [0.2, 0.25) is 0 Å². The summed E-state index contributed by atoms with van der Waals surface area (Å²) in [6.07, 6.45) is 54.6. The van der Waals surface area contributed by atoms with E-state index in [1.807, 2.05) is 0 Å². The van der Waals surface area contributed by atoms with Gasteiger partial charge in [-0.05, 0) is 12.8 Å². The first-order valence-corrected chi connectivity index (χ1v) is 29.1. The fourth-order valence-electron chi connectivity index (χ4n) is 8.37. The first kappa shape index (κ1) is 63.0. The minimum atomic E-state index is -4.62. The molecule has 3 atom stereocenters. The molecule has 0 radical (unpaired) electrons. The van der Waals surface area contributed by atoms with E-state index in [1.165, 1.54) is 231 Å². The fraction of sp³-hybridized carbons (Fsp3) is 0.962. The second-order valence-corrected chi connectivity index (χ2v) is 20.5. The van der Waals surface area contributed by atoms with Crippen molar-refractivity contribution in [1.82, 2.24) is 0 Å². The number of carboxylic acids is 1. The van der Waals surface area contributed by atoms with Crippen LogP contribution in [-0.2, 0) is 32.7 Å². The largest absolute Gasteiger partial charge is 0.480 e. The van der Waals surface area contributed by atoms with E-state index < -0.39 is 45.1 Å². The lowest BCUT2D eigenvalue weighted by Crippen LogP contribution is -2.34. The summed E-state index contributed by atoms with van der Waals surface area (Å²) < 4.78 is 33.6. The van der Waals surface area contributed by atoms with Crippen molar-refractivity contribution in [3.63, 3.8) is 0 Å². The van der Waals surface area contributed by atoms with E-state index in [9.17, 15) is 19.0 Å². The number of unbranched alkanes of at least 4 members (excludes halogenated alkanes) is 40. The Kier molecular flexibility index (Phi) is 49.1. The Morgan fingerprint density at radius 1 is 0.438 bits per heavy atom. The van der Waals surface area contributed by atoms with Crippen LogP contribution in [0.15, 0.2) is 0 Å². The Morgan fingerprint density at radius 2 is 0.719 bits per heavy atom. The molecule has 0 amide bonds. The predicted molar refractivity (Wildman–Crippen MR) is 268 cm³/mol. The molecule has 4 N–H and O–H groups in total. The van der Waals surface area contributed by atoms with Gasteiger partial charge in [-0.25, -0.2) is 4.57 Å². The minimum absolute atomic E-state index is 0.0266. The number of carboxylic acid groups (broad SMARTS) is 1. The molecule has 64 heavy (non-hydrogen) atoms. The van der Waals surface area contributed by atoms with Crippen molar-refractivity contribution in [2.24, 2.45) is 5.73 Å². The molecule has 0 saturated carbocycles. The lowest BCUT2D eigenvalue weighted by atomic mass is 10.0. The van der Waals surface area contributed by atoms with Crippen molar-refractivity contribution < 1.29 is 42.7 Å². The summed E-state index contributed by atoms with van der Waals surface area (Å²) in [6.45, 7) is 3.97. The summed E-state index contributed by atoms with van der Waals surface area (Å²) in [7, 11) is -4.62. The van der Waals surface area contributed by atoms with Crippen molar-refractivity contribution in [2.45, 2.75) is 302 Å². The highest BCUT2D eigenvalue weighted by atomic mass is 31.2. The van der Waals surface area contributed by atoms with E-state index in [0.717, 1.165) is 38.5 Å². The number of carbonyl (C=O) groups excluding carboxylic acids is 1. The third kappa shape index (κ3) is 48.9. The predicted octanol–water partition coefficient (Wildman–Crippen LogP) is 16.3. The highest BCUT2D eigenvalue weighted by Gasteiger charge is 2.27. The summed E-state index contributed by atoms with van der Waals surface area (Å²) in [4.78, 5) is 33.7. The van der Waals surface area contributed by atoms with Crippen molar-refractivity contribution in [3.05, 3.63) is 0 Å². The van der Waals surface area contributed by atoms with Gasteiger partial charge in [0.25, 0.3) is 0 Å². The number of aliphatic carboxylic acids is 1.